The zero-order chi connectivity index (χ0) is 16.8. The van der Waals surface area contributed by atoms with Gasteiger partial charge in [0, 0.05) is 24.0 Å². The third-order valence-corrected chi connectivity index (χ3v) is 4.65. The Hall–Kier alpha value is -1.55. The number of amides is 2. The SMILES string of the molecule is CCC(=O)N(Cc1cccc(Cl)c1)[C@@H](C)C(=O)NC1CCCC1. The van der Waals surface area contributed by atoms with Gasteiger partial charge in [0.05, 0.1) is 0 Å². The summed E-state index contributed by atoms with van der Waals surface area (Å²) in [7, 11) is 0. The molecule has 0 aromatic heterocycles. The normalized spacial score (nSPS) is 16.1. The monoisotopic (exact) mass is 336 g/mol. The van der Waals surface area contributed by atoms with E-state index in [0.717, 1.165) is 18.4 Å². The molecule has 1 atom stereocenters. The first-order chi connectivity index (χ1) is 11.0. The van der Waals surface area contributed by atoms with Crippen LogP contribution >= 0.6 is 11.6 Å². The molecule has 1 aromatic rings. The number of carbonyl (C=O) groups is 2. The van der Waals surface area contributed by atoms with Gasteiger partial charge >= 0.3 is 0 Å². The van der Waals surface area contributed by atoms with Crippen LogP contribution in [0.3, 0.4) is 0 Å². The summed E-state index contributed by atoms with van der Waals surface area (Å²) < 4.78 is 0. The summed E-state index contributed by atoms with van der Waals surface area (Å²) in [6.45, 7) is 4.00. The van der Waals surface area contributed by atoms with Crippen molar-refractivity contribution in [1.29, 1.82) is 0 Å². The number of benzene rings is 1. The Bertz CT molecular complexity index is 556. The van der Waals surface area contributed by atoms with Crippen LogP contribution in [-0.4, -0.2) is 28.8 Å². The maximum Gasteiger partial charge on any atom is 0.242 e. The van der Waals surface area contributed by atoms with Crippen molar-refractivity contribution in [2.24, 2.45) is 0 Å². The topological polar surface area (TPSA) is 49.4 Å². The van der Waals surface area contributed by atoms with Crippen LogP contribution in [0, 0.1) is 0 Å². The van der Waals surface area contributed by atoms with Crippen molar-refractivity contribution < 1.29 is 9.59 Å². The highest BCUT2D eigenvalue weighted by molar-refractivity contribution is 6.30. The third kappa shape index (κ3) is 4.96. The van der Waals surface area contributed by atoms with Gasteiger partial charge in [0.25, 0.3) is 0 Å². The number of rotatable bonds is 6. The highest BCUT2D eigenvalue weighted by atomic mass is 35.5. The number of halogens is 1. The molecule has 2 amide bonds. The van der Waals surface area contributed by atoms with Gasteiger partial charge in [-0.15, -0.1) is 0 Å². The van der Waals surface area contributed by atoms with Crippen LogP contribution in [-0.2, 0) is 16.1 Å². The number of hydrogen-bond donors (Lipinski definition) is 1. The van der Waals surface area contributed by atoms with Crippen molar-refractivity contribution >= 4 is 23.4 Å². The molecule has 1 aliphatic rings. The Morgan fingerprint density at radius 2 is 2.04 bits per heavy atom. The van der Waals surface area contributed by atoms with E-state index in [9.17, 15) is 9.59 Å². The van der Waals surface area contributed by atoms with Crippen LogP contribution in [0.5, 0.6) is 0 Å². The minimum absolute atomic E-state index is 0.0287. The largest absolute Gasteiger partial charge is 0.352 e. The van der Waals surface area contributed by atoms with Crippen molar-refractivity contribution in [3.05, 3.63) is 34.9 Å². The van der Waals surface area contributed by atoms with Gasteiger partial charge < -0.3 is 10.2 Å². The Kier molecular flexibility index (Phi) is 6.46. The van der Waals surface area contributed by atoms with Gasteiger partial charge in [-0.2, -0.15) is 0 Å². The summed E-state index contributed by atoms with van der Waals surface area (Å²) in [6, 6.07) is 7.18. The van der Waals surface area contributed by atoms with E-state index >= 15 is 0 Å². The minimum Gasteiger partial charge on any atom is -0.352 e. The van der Waals surface area contributed by atoms with Gasteiger partial charge in [0.1, 0.15) is 6.04 Å². The van der Waals surface area contributed by atoms with Crippen molar-refractivity contribution in [3.8, 4) is 0 Å². The van der Waals surface area contributed by atoms with E-state index in [1.54, 1.807) is 17.9 Å². The van der Waals surface area contributed by atoms with Gasteiger partial charge in [0.15, 0.2) is 0 Å². The van der Waals surface area contributed by atoms with E-state index in [1.807, 2.05) is 25.1 Å². The summed E-state index contributed by atoms with van der Waals surface area (Å²) in [6.07, 6.45) is 4.78. The van der Waals surface area contributed by atoms with Crippen LogP contribution in [0.1, 0.15) is 51.5 Å². The van der Waals surface area contributed by atoms with E-state index in [2.05, 4.69) is 5.32 Å². The van der Waals surface area contributed by atoms with Crippen molar-refractivity contribution in [2.75, 3.05) is 0 Å². The lowest BCUT2D eigenvalue weighted by Crippen LogP contribution is -2.49. The highest BCUT2D eigenvalue weighted by Gasteiger charge is 2.27. The molecular formula is C18H25ClN2O2. The summed E-state index contributed by atoms with van der Waals surface area (Å²) in [4.78, 5) is 26.4. The zero-order valence-corrected chi connectivity index (χ0v) is 14.6. The first kappa shape index (κ1) is 17.8. The van der Waals surface area contributed by atoms with Crippen LogP contribution in [0.15, 0.2) is 24.3 Å². The molecule has 0 bridgehead atoms. The van der Waals surface area contributed by atoms with Gasteiger partial charge in [0.2, 0.25) is 11.8 Å². The lowest BCUT2D eigenvalue weighted by Gasteiger charge is -2.29. The van der Waals surface area contributed by atoms with E-state index in [0.29, 0.717) is 18.0 Å². The van der Waals surface area contributed by atoms with Gasteiger partial charge in [-0.05, 0) is 37.5 Å². The fraction of sp³-hybridized carbons (Fsp3) is 0.556. The number of nitrogens with zero attached hydrogens (tertiary/aromatic N) is 1. The lowest BCUT2D eigenvalue weighted by atomic mass is 10.1. The van der Waals surface area contributed by atoms with Gasteiger partial charge in [-0.3, -0.25) is 9.59 Å². The lowest BCUT2D eigenvalue weighted by molar-refractivity contribution is -0.140. The molecular weight excluding hydrogens is 312 g/mol. The second kappa shape index (κ2) is 8.34. The van der Waals surface area contributed by atoms with Crippen molar-refractivity contribution in [2.45, 2.75) is 64.6 Å². The molecule has 23 heavy (non-hydrogen) atoms. The average molecular weight is 337 g/mol. The maximum atomic E-state index is 12.5. The summed E-state index contributed by atoms with van der Waals surface area (Å²) in [5.74, 6) is -0.0974. The molecule has 1 aromatic carbocycles. The van der Waals surface area contributed by atoms with Gasteiger partial charge in [-0.1, -0.05) is 43.5 Å². The molecule has 0 spiro atoms. The molecule has 0 unspecified atom stereocenters. The molecule has 0 heterocycles. The van der Waals surface area contributed by atoms with E-state index < -0.39 is 6.04 Å². The predicted octanol–water partition coefficient (Wildman–Crippen LogP) is 3.53. The van der Waals surface area contributed by atoms with Crippen LogP contribution < -0.4 is 5.32 Å². The molecule has 1 saturated carbocycles. The Balaban J connectivity index is 2.06. The molecule has 1 aliphatic carbocycles. The maximum absolute atomic E-state index is 12.5. The highest BCUT2D eigenvalue weighted by Crippen LogP contribution is 2.19. The van der Waals surface area contributed by atoms with Crippen molar-refractivity contribution in [1.82, 2.24) is 10.2 Å². The average Bonchev–Trinajstić information content (AvgIpc) is 3.04. The summed E-state index contributed by atoms with van der Waals surface area (Å²) in [5.41, 5.74) is 0.930. The Morgan fingerprint density at radius 1 is 1.35 bits per heavy atom. The number of nitrogens with one attached hydrogen (secondary N) is 1. The standard InChI is InChI=1S/C18H25ClN2O2/c1-3-17(22)21(12-14-7-6-8-15(19)11-14)13(2)18(23)20-16-9-4-5-10-16/h6-8,11,13,16H,3-5,9-10,12H2,1-2H3,(H,20,23)/t13-/m0/s1. The van der Waals surface area contributed by atoms with Crippen molar-refractivity contribution in [3.63, 3.8) is 0 Å². The summed E-state index contributed by atoms with van der Waals surface area (Å²) in [5, 5.41) is 3.71. The molecule has 0 aliphatic heterocycles. The molecule has 0 radical (unpaired) electrons. The summed E-state index contributed by atoms with van der Waals surface area (Å²) >= 11 is 6.01. The third-order valence-electron chi connectivity index (χ3n) is 4.41. The second-order valence-corrected chi connectivity index (χ2v) is 6.61. The molecule has 4 nitrogen and oxygen atoms in total. The fourth-order valence-corrected chi connectivity index (χ4v) is 3.22. The smallest absolute Gasteiger partial charge is 0.242 e. The second-order valence-electron chi connectivity index (χ2n) is 6.17. The quantitative estimate of drug-likeness (QED) is 0.864. The van der Waals surface area contributed by atoms with E-state index in [4.69, 9.17) is 11.6 Å². The van der Waals surface area contributed by atoms with Crippen LogP contribution in [0.2, 0.25) is 5.02 Å². The van der Waals surface area contributed by atoms with Crippen LogP contribution in [0.25, 0.3) is 0 Å². The van der Waals surface area contributed by atoms with E-state index in [1.165, 1.54) is 12.8 Å². The Labute approximate surface area is 143 Å². The van der Waals surface area contributed by atoms with E-state index in [-0.39, 0.29) is 17.9 Å². The molecule has 126 valence electrons. The van der Waals surface area contributed by atoms with Gasteiger partial charge in [-0.25, -0.2) is 0 Å². The Morgan fingerprint density at radius 3 is 2.65 bits per heavy atom. The first-order valence-corrected chi connectivity index (χ1v) is 8.73. The molecule has 2 rings (SSSR count). The fourth-order valence-electron chi connectivity index (χ4n) is 3.01. The van der Waals surface area contributed by atoms with Crippen LogP contribution in [0.4, 0.5) is 0 Å². The zero-order valence-electron chi connectivity index (χ0n) is 13.8. The molecule has 1 N–H and O–H groups in total. The minimum atomic E-state index is -0.484. The molecule has 0 saturated heterocycles. The predicted molar refractivity (Wildman–Crippen MR) is 92.2 cm³/mol. The first-order valence-electron chi connectivity index (χ1n) is 8.35. The number of hydrogen-bond acceptors (Lipinski definition) is 2. The molecule has 5 heteroatoms. The number of carbonyl (C=O) groups excluding carboxylic acids is 2. The molecule has 1 fully saturated rings.